The Morgan fingerprint density at radius 2 is 2.26 bits per heavy atom. The second kappa shape index (κ2) is 6.29. The Bertz CT molecular complexity index is 429. The minimum absolute atomic E-state index is 0.128. The normalized spacial score (nSPS) is 20.0. The maximum Gasteiger partial charge on any atom is 0.261 e. The van der Waals surface area contributed by atoms with E-state index < -0.39 is 0 Å². The van der Waals surface area contributed by atoms with E-state index in [1.165, 1.54) is 29.0 Å². The Hall–Kier alpha value is -0.520. The van der Waals surface area contributed by atoms with Crippen LogP contribution in [-0.2, 0) is 12.2 Å². The lowest BCUT2D eigenvalue weighted by Crippen LogP contribution is -2.35. The topological polar surface area (TPSA) is 41.1 Å². The number of nitrogens with one attached hydrogen (secondary N) is 2. The standard InChI is InChI=1S/C14H20N2OS2/c17-14(16-8-10-1-4-15-5-2-10)13-7-11-9-18-6-3-12(11)19-13/h7,10,15H,1-6,8-9H2,(H,16,17). The van der Waals surface area contributed by atoms with Crippen molar-refractivity contribution in [2.24, 2.45) is 5.92 Å². The number of rotatable bonds is 3. The molecular formula is C14H20N2OS2. The smallest absolute Gasteiger partial charge is 0.261 e. The first-order chi connectivity index (χ1) is 9.33. The van der Waals surface area contributed by atoms with Crippen LogP contribution in [0.25, 0.3) is 0 Å². The largest absolute Gasteiger partial charge is 0.351 e. The highest BCUT2D eigenvalue weighted by Gasteiger charge is 2.19. The summed E-state index contributed by atoms with van der Waals surface area (Å²) in [5.74, 6) is 3.05. The zero-order chi connectivity index (χ0) is 13.1. The quantitative estimate of drug-likeness (QED) is 0.899. The van der Waals surface area contributed by atoms with Crippen LogP contribution in [0, 0.1) is 5.92 Å². The second-order valence-corrected chi connectivity index (χ2v) is 7.51. The van der Waals surface area contributed by atoms with E-state index in [2.05, 4.69) is 16.7 Å². The maximum atomic E-state index is 12.2. The Kier molecular flexibility index (Phi) is 4.45. The molecule has 3 heterocycles. The molecule has 1 saturated heterocycles. The van der Waals surface area contributed by atoms with Gasteiger partial charge in [-0.15, -0.1) is 11.3 Å². The van der Waals surface area contributed by atoms with Crippen molar-refractivity contribution in [3.8, 4) is 0 Å². The predicted molar refractivity (Wildman–Crippen MR) is 82.1 cm³/mol. The van der Waals surface area contributed by atoms with E-state index in [-0.39, 0.29) is 5.91 Å². The number of thioether (sulfide) groups is 1. The first-order valence-corrected chi connectivity index (χ1v) is 8.98. The van der Waals surface area contributed by atoms with Crippen LogP contribution in [0.2, 0.25) is 0 Å². The highest BCUT2D eigenvalue weighted by Crippen LogP contribution is 2.31. The molecule has 0 unspecified atom stereocenters. The number of fused-ring (bicyclic) bond motifs is 1. The summed E-state index contributed by atoms with van der Waals surface area (Å²) in [5.41, 5.74) is 1.38. The van der Waals surface area contributed by atoms with Crippen molar-refractivity contribution in [3.63, 3.8) is 0 Å². The van der Waals surface area contributed by atoms with Crippen LogP contribution in [0.3, 0.4) is 0 Å². The van der Waals surface area contributed by atoms with Gasteiger partial charge in [-0.25, -0.2) is 0 Å². The monoisotopic (exact) mass is 296 g/mol. The molecule has 104 valence electrons. The zero-order valence-corrected chi connectivity index (χ0v) is 12.7. The summed E-state index contributed by atoms with van der Waals surface area (Å²) in [7, 11) is 0. The average molecular weight is 296 g/mol. The third-order valence-electron chi connectivity index (χ3n) is 3.86. The molecule has 1 amide bonds. The van der Waals surface area contributed by atoms with E-state index in [1.807, 2.05) is 11.8 Å². The molecule has 3 nitrogen and oxygen atoms in total. The Morgan fingerprint density at radius 3 is 3.05 bits per heavy atom. The maximum absolute atomic E-state index is 12.2. The van der Waals surface area contributed by atoms with Crippen LogP contribution in [0.5, 0.6) is 0 Å². The third kappa shape index (κ3) is 3.33. The molecule has 1 aromatic rings. The first kappa shape index (κ1) is 13.5. The first-order valence-electron chi connectivity index (χ1n) is 7.01. The third-order valence-corrected chi connectivity index (χ3v) is 6.11. The molecular weight excluding hydrogens is 276 g/mol. The van der Waals surface area contributed by atoms with E-state index in [1.54, 1.807) is 11.3 Å². The van der Waals surface area contributed by atoms with Crippen LogP contribution in [0.15, 0.2) is 6.07 Å². The molecule has 2 N–H and O–H groups in total. The van der Waals surface area contributed by atoms with Crippen molar-refractivity contribution < 1.29 is 4.79 Å². The van der Waals surface area contributed by atoms with Gasteiger partial charge in [-0.3, -0.25) is 4.79 Å². The number of thiophene rings is 1. The van der Waals surface area contributed by atoms with Crippen LogP contribution in [-0.4, -0.2) is 31.3 Å². The molecule has 2 aliphatic heterocycles. The number of carbonyl (C=O) groups is 1. The number of piperidine rings is 1. The summed E-state index contributed by atoms with van der Waals surface area (Å²) in [6, 6.07) is 2.10. The van der Waals surface area contributed by atoms with Crippen molar-refractivity contribution >= 4 is 29.0 Å². The molecule has 2 aliphatic rings. The van der Waals surface area contributed by atoms with E-state index >= 15 is 0 Å². The van der Waals surface area contributed by atoms with Crippen LogP contribution < -0.4 is 10.6 Å². The zero-order valence-electron chi connectivity index (χ0n) is 11.0. The minimum atomic E-state index is 0.128. The summed E-state index contributed by atoms with van der Waals surface area (Å²) in [4.78, 5) is 14.5. The van der Waals surface area contributed by atoms with Gasteiger partial charge in [0, 0.05) is 17.2 Å². The van der Waals surface area contributed by atoms with Crippen LogP contribution >= 0.6 is 23.1 Å². The average Bonchev–Trinajstić information content (AvgIpc) is 2.90. The van der Waals surface area contributed by atoms with Gasteiger partial charge in [-0.2, -0.15) is 11.8 Å². The lowest BCUT2D eigenvalue weighted by atomic mass is 9.98. The van der Waals surface area contributed by atoms with Gasteiger partial charge in [0.1, 0.15) is 0 Å². The van der Waals surface area contributed by atoms with Crippen LogP contribution in [0.1, 0.15) is 33.0 Å². The van der Waals surface area contributed by atoms with Crippen molar-refractivity contribution in [3.05, 3.63) is 21.4 Å². The summed E-state index contributed by atoms with van der Waals surface area (Å²) in [5, 5.41) is 6.47. The fourth-order valence-corrected chi connectivity index (χ4v) is 4.96. The fourth-order valence-electron chi connectivity index (χ4n) is 2.67. The van der Waals surface area contributed by atoms with Gasteiger partial charge in [0.15, 0.2) is 0 Å². The van der Waals surface area contributed by atoms with Gasteiger partial charge in [-0.1, -0.05) is 0 Å². The van der Waals surface area contributed by atoms with Crippen molar-refractivity contribution in [1.82, 2.24) is 10.6 Å². The molecule has 3 rings (SSSR count). The Balaban J connectivity index is 1.56. The molecule has 0 aromatic carbocycles. The molecule has 0 radical (unpaired) electrons. The van der Waals surface area contributed by atoms with E-state index in [4.69, 9.17) is 0 Å². The molecule has 0 bridgehead atoms. The highest BCUT2D eigenvalue weighted by atomic mass is 32.2. The van der Waals surface area contributed by atoms with Gasteiger partial charge < -0.3 is 10.6 Å². The second-order valence-electron chi connectivity index (χ2n) is 5.27. The number of hydrogen-bond acceptors (Lipinski definition) is 4. The molecule has 5 heteroatoms. The molecule has 1 fully saturated rings. The number of hydrogen-bond donors (Lipinski definition) is 2. The van der Waals surface area contributed by atoms with E-state index in [0.29, 0.717) is 5.92 Å². The number of aryl methyl sites for hydroxylation is 1. The van der Waals surface area contributed by atoms with Crippen molar-refractivity contribution in [2.75, 3.05) is 25.4 Å². The van der Waals surface area contributed by atoms with Crippen LogP contribution in [0.4, 0.5) is 0 Å². The van der Waals surface area contributed by atoms with Gasteiger partial charge >= 0.3 is 0 Å². The summed E-state index contributed by atoms with van der Waals surface area (Å²) in [6.07, 6.45) is 3.49. The van der Waals surface area contributed by atoms with Gasteiger partial charge in [0.25, 0.3) is 5.91 Å². The van der Waals surface area contributed by atoms with Gasteiger partial charge in [-0.05, 0) is 55.7 Å². The fraction of sp³-hybridized carbons (Fsp3) is 0.643. The van der Waals surface area contributed by atoms with Gasteiger partial charge in [0.2, 0.25) is 0 Å². The molecule has 1 aromatic heterocycles. The number of carbonyl (C=O) groups excluding carboxylic acids is 1. The lowest BCUT2D eigenvalue weighted by Gasteiger charge is -2.22. The summed E-state index contributed by atoms with van der Waals surface area (Å²) < 4.78 is 0. The highest BCUT2D eigenvalue weighted by molar-refractivity contribution is 7.98. The summed E-state index contributed by atoms with van der Waals surface area (Å²) >= 11 is 3.66. The SMILES string of the molecule is O=C(NCC1CCNCC1)c1cc2c(s1)CCSC2. The minimum Gasteiger partial charge on any atom is -0.351 e. The molecule has 0 saturated carbocycles. The van der Waals surface area contributed by atoms with E-state index in [0.717, 1.165) is 36.7 Å². The molecule has 19 heavy (non-hydrogen) atoms. The molecule has 0 spiro atoms. The molecule has 0 atom stereocenters. The van der Waals surface area contributed by atoms with E-state index in [9.17, 15) is 4.79 Å². The number of amides is 1. The lowest BCUT2D eigenvalue weighted by molar-refractivity contribution is 0.0948. The predicted octanol–water partition coefficient (Wildman–Crippen LogP) is 2.27. The van der Waals surface area contributed by atoms with Crippen molar-refractivity contribution in [1.29, 1.82) is 0 Å². The Morgan fingerprint density at radius 1 is 1.42 bits per heavy atom. The molecule has 0 aliphatic carbocycles. The van der Waals surface area contributed by atoms with Crippen molar-refractivity contribution in [2.45, 2.75) is 25.0 Å². The summed E-state index contributed by atoms with van der Waals surface area (Å²) in [6.45, 7) is 3.01. The Labute approximate surface area is 122 Å². The van der Waals surface area contributed by atoms with Gasteiger partial charge in [0.05, 0.1) is 4.88 Å².